The molecule has 3 rings (SSSR count). The monoisotopic (exact) mass is 329 g/mol. The Morgan fingerprint density at radius 1 is 1.21 bits per heavy atom. The topological polar surface area (TPSA) is 88.8 Å². The molecule has 0 saturated heterocycles. The summed E-state index contributed by atoms with van der Waals surface area (Å²) in [5.41, 5.74) is -1.92. The lowest BCUT2D eigenvalue weighted by Gasteiger charge is -2.49. The first kappa shape index (κ1) is 16.3. The number of aldehydes is 1. The SMILES string of the molecule is CC1(C)Oc2ccc(C=O)cc2C(n2ccc(O)cc2=O)C1(C)O. The third kappa shape index (κ3) is 2.30. The molecule has 2 N–H and O–H groups in total. The molecule has 24 heavy (non-hydrogen) atoms. The van der Waals surface area contributed by atoms with Gasteiger partial charge in [0, 0.05) is 23.4 Å². The molecule has 1 aromatic carbocycles. The van der Waals surface area contributed by atoms with Crippen molar-refractivity contribution in [2.45, 2.75) is 38.0 Å². The molecule has 126 valence electrons. The third-order valence-electron chi connectivity index (χ3n) is 4.79. The van der Waals surface area contributed by atoms with Gasteiger partial charge < -0.3 is 19.5 Å². The van der Waals surface area contributed by atoms with Crippen LogP contribution in [0.3, 0.4) is 0 Å². The van der Waals surface area contributed by atoms with Crippen LogP contribution in [0.4, 0.5) is 0 Å². The molecule has 0 radical (unpaired) electrons. The van der Waals surface area contributed by atoms with E-state index in [2.05, 4.69) is 0 Å². The number of hydrogen-bond donors (Lipinski definition) is 2. The molecule has 2 unspecified atom stereocenters. The van der Waals surface area contributed by atoms with E-state index in [1.807, 2.05) is 0 Å². The Balaban J connectivity index is 2.32. The Hall–Kier alpha value is -2.60. The van der Waals surface area contributed by atoms with E-state index in [1.165, 1.54) is 16.8 Å². The number of aromatic nitrogens is 1. The maximum Gasteiger partial charge on any atom is 0.254 e. The van der Waals surface area contributed by atoms with Crippen molar-refractivity contribution in [1.29, 1.82) is 0 Å². The smallest absolute Gasteiger partial charge is 0.254 e. The number of carbonyl (C=O) groups excluding carboxylic acids is 1. The number of ether oxygens (including phenoxy) is 1. The first-order chi connectivity index (χ1) is 11.2. The summed E-state index contributed by atoms with van der Waals surface area (Å²) in [6, 6.07) is 6.58. The number of aromatic hydroxyl groups is 1. The molecule has 0 aliphatic carbocycles. The van der Waals surface area contributed by atoms with Crippen LogP contribution in [0.5, 0.6) is 11.5 Å². The second-order valence-corrected chi connectivity index (χ2v) is 6.71. The fraction of sp³-hybridized carbons (Fsp3) is 0.333. The summed E-state index contributed by atoms with van der Waals surface area (Å²) in [6.07, 6.45) is 2.13. The van der Waals surface area contributed by atoms with Crippen LogP contribution in [0.1, 0.15) is 42.7 Å². The van der Waals surface area contributed by atoms with Crippen molar-refractivity contribution in [2.24, 2.45) is 0 Å². The second kappa shape index (κ2) is 5.21. The largest absolute Gasteiger partial charge is 0.508 e. The van der Waals surface area contributed by atoms with Crippen LogP contribution in [0.2, 0.25) is 0 Å². The van der Waals surface area contributed by atoms with E-state index in [9.17, 15) is 19.8 Å². The fourth-order valence-electron chi connectivity index (χ4n) is 3.07. The van der Waals surface area contributed by atoms with Crippen molar-refractivity contribution >= 4 is 6.29 Å². The van der Waals surface area contributed by atoms with E-state index in [4.69, 9.17) is 4.74 Å². The van der Waals surface area contributed by atoms with E-state index in [-0.39, 0.29) is 5.75 Å². The molecule has 2 aromatic rings. The van der Waals surface area contributed by atoms with Gasteiger partial charge in [0.05, 0.1) is 6.04 Å². The summed E-state index contributed by atoms with van der Waals surface area (Å²) in [5.74, 6) is 0.353. The number of rotatable bonds is 2. The third-order valence-corrected chi connectivity index (χ3v) is 4.79. The standard InChI is InChI=1S/C18H19NO5/c1-17(2)18(3,23)16(19-7-6-12(21)9-15(19)22)13-8-11(10-20)4-5-14(13)24-17/h4-10,16,21,23H,1-3H3. The van der Waals surface area contributed by atoms with Gasteiger partial charge >= 0.3 is 0 Å². The second-order valence-electron chi connectivity index (χ2n) is 6.71. The Morgan fingerprint density at radius 2 is 1.92 bits per heavy atom. The molecule has 6 nitrogen and oxygen atoms in total. The lowest BCUT2D eigenvalue weighted by atomic mass is 9.75. The summed E-state index contributed by atoms with van der Waals surface area (Å²) >= 11 is 0. The molecule has 0 spiro atoms. The highest BCUT2D eigenvalue weighted by Gasteiger charge is 2.53. The van der Waals surface area contributed by atoms with E-state index in [0.717, 1.165) is 6.07 Å². The molecular weight excluding hydrogens is 310 g/mol. The van der Waals surface area contributed by atoms with Crippen molar-refractivity contribution < 1.29 is 19.7 Å². The summed E-state index contributed by atoms with van der Waals surface area (Å²) in [5, 5.41) is 20.7. The molecule has 0 fully saturated rings. The van der Waals surface area contributed by atoms with Crippen LogP contribution in [0, 0.1) is 0 Å². The predicted octanol–water partition coefficient (Wildman–Crippen LogP) is 1.88. The van der Waals surface area contributed by atoms with Gasteiger partial charge in [0.25, 0.3) is 5.56 Å². The first-order valence-electron chi connectivity index (χ1n) is 7.59. The van der Waals surface area contributed by atoms with Crippen LogP contribution in [0.15, 0.2) is 41.3 Å². The molecule has 2 atom stereocenters. The van der Waals surface area contributed by atoms with Gasteiger partial charge in [0.2, 0.25) is 0 Å². The summed E-state index contributed by atoms with van der Waals surface area (Å²) in [7, 11) is 0. The highest BCUT2D eigenvalue weighted by atomic mass is 16.5. The average molecular weight is 329 g/mol. The minimum atomic E-state index is -1.44. The van der Waals surface area contributed by atoms with Crippen molar-refractivity contribution in [3.05, 3.63) is 58.0 Å². The van der Waals surface area contributed by atoms with Crippen molar-refractivity contribution in [1.82, 2.24) is 4.57 Å². The van der Waals surface area contributed by atoms with Gasteiger partial charge in [-0.1, -0.05) is 0 Å². The van der Waals surface area contributed by atoms with Crippen LogP contribution in [-0.2, 0) is 0 Å². The Labute approximate surface area is 138 Å². The normalized spacial score (nSPS) is 24.8. The quantitative estimate of drug-likeness (QED) is 0.821. The molecule has 1 aliphatic heterocycles. The van der Waals surface area contributed by atoms with E-state index >= 15 is 0 Å². The van der Waals surface area contributed by atoms with Gasteiger partial charge in [-0.3, -0.25) is 9.59 Å². The lowest BCUT2D eigenvalue weighted by molar-refractivity contribution is -0.139. The maximum atomic E-state index is 12.4. The zero-order valence-electron chi connectivity index (χ0n) is 13.7. The van der Waals surface area contributed by atoms with Crippen LogP contribution in [0.25, 0.3) is 0 Å². The number of benzene rings is 1. The van der Waals surface area contributed by atoms with Crippen molar-refractivity contribution in [2.75, 3.05) is 0 Å². The highest BCUT2D eigenvalue weighted by Crippen LogP contribution is 2.47. The Bertz CT molecular complexity index is 866. The predicted molar refractivity (Wildman–Crippen MR) is 87.7 cm³/mol. The summed E-state index contributed by atoms with van der Waals surface area (Å²) in [6.45, 7) is 5.07. The van der Waals surface area contributed by atoms with Gasteiger partial charge in [-0.2, -0.15) is 0 Å². The lowest BCUT2D eigenvalue weighted by Crippen LogP contribution is -2.60. The molecule has 2 heterocycles. The molecule has 1 aliphatic rings. The van der Waals surface area contributed by atoms with Crippen LogP contribution in [-0.4, -0.2) is 32.3 Å². The molecule has 0 saturated carbocycles. The zero-order valence-corrected chi connectivity index (χ0v) is 13.7. The molecule has 6 heteroatoms. The number of carbonyl (C=O) groups is 1. The van der Waals surface area contributed by atoms with Gasteiger partial charge in [0.15, 0.2) is 0 Å². The van der Waals surface area contributed by atoms with Crippen molar-refractivity contribution in [3.8, 4) is 11.5 Å². The molecule has 0 amide bonds. The molecule has 1 aromatic heterocycles. The van der Waals surface area contributed by atoms with E-state index < -0.39 is 22.8 Å². The van der Waals surface area contributed by atoms with Gasteiger partial charge in [0.1, 0.15) is 29.0 Å². The zero-order chi connectivity index (χ0) is 17.7. The minimum absolute atomic E-state index is 0.149. The Morgan fingerprint density at radius 3 is 2.54 bits per heavy atom. The number of hydrogen-bond acceptors (Lipinski definition) is 5. The molecule has 0 bridgehead atoms. The van der Waals surface area contributed by atoms with Crippen LogP contribution < -0.4 is 10.3 Å². The summed E-state index contributed by atoms with van der Waals surface area (Å²) in [4.78, 5) is 23.5. The number of aliphatic hydroxyl groups is 1. The minimum Gasteiger partial charge on any atom is -0.508 e. The van der Waals surface area contributed by atoms with Gasteiger partial charge in [-0.25, -0.2) is 0 Å². The van der Waals surface area contributed by atoms with Crippen LogP contribution >= 0.6 is 0 Å². The van der Waals surface area contributed by atoms with E-state index in [1.54, 1.807) is 39.0 Å². The summed E-state index contributed by atoms with van der Waals surface area (Å²) < 4.78 is 7.26. The number of pyridine rings is 1. The highest BCUT2D eigenvalue weighted by molar-refractivity contribution is 5.76. The fourth-order valence-corrected chi connectivity index (χ4v) is 3.07. The Kier molecular flexibility index (Phi) is 3.53. The van der Waals surface area contributed by atoms with Gasteiger partial charge in [-0.05, 0) is 45.0 Å². The number of fused-ring (bicyclic) bond motifs is 1. The maximum absolute atomic E-state index is 12.4. The van der Waals surface area contributed by atoms with Gasteiger partial charge in [-0.15, -0.1) is 0 Å². The first-order valence-corrected chi connectivity index (χ1v) is 7.59. The van der Waals surface area contributed by atoms with Crippen molar-refractivity contribution in [3.63, 3.8) is 0 Å². The molecular formula is C18H19NO5. The number of nitrogens with zero attached hydrogens (tertiary/aromatic N) is 1. The average Bonchev–Trinajstić information content (AvgIpc) is 2.49. The van der Waals surface area contributed by atoms with E-state index in [0.29, 0.717) is 23.2 Å².